The van der Waals surface area contributed by atoms with E-state index in [0.717, 1.165) is 23.2 Å². The van der Waals surface area contributed by atoms with E-state index in [2.05, 4.69) is 30.9 Å². The maximum Gasteiger partial charge on any atom is 0.129 e. The summed E-state index contributed by atoms with van der Waals surface area (Å²) in [6, 6.07) is 1.04. The van der Waals surface area contributed by atoms with E-state index in [1.165, 1.54) is 60.9 Å². The van der Waals surface area contributed by atoms with E-state index in [9.17, 15) is 0 Å². The Bertz CT molecular complexity index is 705. The molecule has 4 rings (SSSR count). The van der Waals surface area contributed by atoms with Crippen molar-refractivity contribution in [2.75, 3.05) is 19.4 Å². The number of anilines is 1. The van der Waals surface area contributed by atoms with Gasteiger partial charge in [0.05, 0.1) is 11.6 Å². The van der Waals surface area contributed by atoms with Crippen molar-refractivity contribution in [3.8, 4) is 0 Å². The van der Waals surface area contributed by atoms with Crippen molar-refractivity contribution in [3.63, 3.8) is 0 Å². The standard InChI is InChI=1S/C21H32N4S/c1-4-23-21-19(14-9-7-11-17(14)26-21)20(22)24-15-12-13-8-5-6-10-16(18(13)15)25(2)3/h4,13,15-16,18,23H,1,5-12H2,2-3H3,(H2,22,24). The van der Waals surface area contributed by atoms with Gasteiger partial charge < -0.3 is 16.0 Å². The van der Waals surface area contributed by atoms with E-state index >= 15 is 0 Å². The Balaban J connectivity index is 1.62. The van der Waals surface area contributed by atoms with Gasteiger partial charge in [0.25, 0.3) is 0 Å². The molecule has 1 heterocycles. The van der Waals surface area contributed by atoms with E-state index < -0.39 is 0 Å². The maximum absolute atomic E-state index is 6.61. The highest BCUT2D eigenvalue weighted by atomic mass is 32.1. The minimum Gasteiger partial charge on any atom is -0.383 e. The van der Waals surface area contributed by atoms with E-state index in [4.69, 9.17) is 10.7 Å². The molecule has 2 saturated carbocycles. The molecular weight excluding hydrogens is 340 g/mol. The number of hydrogen-bond acceptors (Lipinski definition) is 4. The van der Waals surface area contributed by atoms with Gasteiger partial charge in [0.15, 0.2) is 0 Å². The fourth-order valence-corrected chi connectivity index (χ4v) is 6.72. The van der Waals surface area contributed by atoms with Gasteiger partial charge in [0.1, 0.15) is 10.8 Å². The molecule has 3 aliphatic rings. The molecule has 4 atom stereocenters. The summed E-state index contributed by atoms with van der Waals surface area (Å²) in [5.41, 5.74) is 9.20. The first kappa shape index (κ1) is 18.1. The van der Waals surface area contributed by atoms with Crippen LogP contribution >= 0.6 is 11.3 Å². The number of fused-ring (bicyclic) bond motifs is 2. The number of hydrogen-bond donors (Lipinski definition) is 2. The maximum atomic E-state index is 6.61. The lowest BCUT2D eigenvalue weighted by molar-refractivity contribution is 0.0504. The van der Waals surface area contributed by atoms with Crippen LogP contribution in [0.4, 0.5) is 5.00 Å². The lowest BCUT2D eigenvalue weighted by Gasteiger charge is -2.48. The van der Waals surface area contributed by atoms with Crippen molar-refractivity contribution in [1.82, 2.24) is 4.90 Å². The molecule has 0 amide bonds. The van der Waals surface area contributed by atoms with E-state index in [-0.39, 0.29) is 0 Å². The summed E-state index contributed by atoms with van der Waals surface area (Å²) in [5.74, 6) is 2.26. The van der Waals surface area contributed by atoms with Crippen molar-refractivity contribution in [3.05, 3.63) is 28.8 Å². The summed E-state index contributed by atoms with van der Waals surface area (Å²) in [6.45, 7) is 3.83. The van der Waals surface area contributed by atoms with Crippen LogP contribution in [0.15, 0.2) is 17.8 Å². The smallest absolute Gasteiger partial charge is 0.129 e. The summed E-state index contributed by atoms with van der Waals surface area (Å²) in [6.07, 6.45) is 11.9. The van der Waals surface area contributed by atoms with Crippen LogP contribution in [-0.2, 0) is 12.8 Å². The van der Waals surface area contributed by atoms with Gasteiger partial charge in [0, 0.05) is 10.9 Å². The summed E-state index contributed by atoms with van der Waals surface area (Å²) >= 11 is 1.83. The molecule has 3 N–H and O–H groups in total. The zero-order chi connectivity index (χ0) is 18.3. The van der Waals surface area contributed by atoms with Crippen LogP contribution in [0.2, 0.25) is 0 Å². The largest absolute Gasteiger partial charge is 0.383 e. The number of aryl methyl sites for hydroxylation is 1. The number of aliphatic imine (C=N–C) groups is 1. The van der Waals surface area contributed by atoms with Crippen molar-refractivity contribution < 1.29 is 0 Å². The fraction of sp³-hybridized carbons (Fsp3) is 0.667. The quantitative estimate of drug-likeness (QED) is 0.607. The number of thiophene rings is 1. The highest BCUT2D eigenvalue weighted by Crippen LogP contribution is 2.47. The molecule has 3 aliphatic carbocycles. The molecule has 0 saturated heterocycles. The Morgan fingerprint density at radius 1 is 1.27 bits per heavy atom. The summed E-state index contributed by atoms with van der Waals surface area (Å²) in [5, 5.41) is 4.43. The SMILES string of the molecule is C=CNc1sc2c(c1C(N)=NC1CC3CCCCC(N(C)C)C31)CCC2. The van der Waals surface area contributed by atoms with Crippen LogP contribution < -0.4 is 11.1 Å². The van der Waals surface area contributed by atoms with Gasteiger partial charge >= 0.3 is 0 Å². The lowest BCUT2D eigenvalue weighted by atomic mass is 9.64. The van der Waals surface area contributed by atoms with Crippen molar-refractivity contribution in [2.24, 2.45) is 22.6 Å². The van der Waals surface area contributed by atoms with Gasteiger partial charge in [-0.15, -0.1) is 11.3 Å². The van der Waals surface area contributed by atoms with Gasteiger partial charge in [-0.25, -0.2) is 0 Å². The van der Waals surface area contributed by atoms with Gasteiger partial charge in [-0.05, 0) is 76.2 Å². The average molecular weight is 373 g/mol. The highest BCUT2D eigenvalue weighted by molar-refractivity contribution is 7.16. The molecule has 5 heteroatoms. The number of rotatable bonds is 5. The zero-order valence-corrected chi connectivity index (χ0v) is 16.9. The molecule has 1 aromatic heterocycles. The minimum atomic E-state index is 0.388. The van der Waals surface area contributed by atoms with Crippen LogP contribution in [0.25, 0.3) is 0 Å². The molecule has 0 radical (unpaired) electrons. The van der Waals surface area contributed by atoms with Crippen LogP contribution in [0.1, 0.15) is 54.5 Å². The Kier molecular flexibility index (Phi) is 5.11. The highest BCUT2D eigenvalue weighted by Gasteiger charge is 2.47. The van der Waals surface area contributed by atoms with Crippen molar-refractivity contribution >= 4 is 22.2 Å². The van der Waals surface area contributed by atoms with Gasteiger partial charge in [-0.3, -0.25) is 4.99 Å². The Morgan fingerprint density at radius 3 is 2.85 bits per heavy atom. The normalized spacial score (nSPS) is 31.1. The van der Waals surface area contributed by atoms with Crippen molar-refractivity contribution in [2.45, 2.75) is 63.5 Å². The molecule has 2 fully saturated rings. The van der Waals surface area contributed by atoms with Crippen LogP contribution in [0.5, 0.6) is 0 Å². The first-order valence-electron chi connectivity index (χ1n) is 10.1. The second-order valence-electron chi connectivity index (χ2n) is 8.38. The first-order valence-corrected chi connectivity index (χ1v) is 10.9. The molecule has 0 aromatic carbocycles. The fourth-order valence-electron chi connectivity index (χ4n) is 5.43. The molecule has 4 unspecified atom stereocenters. The van der Waals surface area contributed by atoms with Crippen LogP contribution in [-0.4, -0.2) is 36.9 Å². The molecule has 26 heavy (non-hydrogen) atoms. The Hall–Kier alpha value is -1.33. The Morgan fingerprint density at radius 2 is 2.08 bits per heavy atom. The minimum absolute atomic E-state index is 0.388. The van der Waals surface area contributed by atoms with Gasteiger partial charge in [0.2, 0.25) is 0 Å². The Labute approximate surface area is 161 Å². The summed E-state index contributed by atoms with van der Waals surface area (Å²) in [7, 11) is 4.46. The van der Waals surface area contributed by atoms with Crippen molar-refractivity contribution in [1.29, 1.82) is 0 Å². The van der Waals surface area contributed by atoms with Crippen LogP contribution in [0, 0.1) is 11.8 Å². The second-order valence-corrected chi connectivity index (χ2v) is 9.49. The monoisotopic (exact) mass is 372 g/mol. The summed E-state index contributed by atoms with van der Waals surface area (Å²) in [4.78, 5) is 9.01. The lowest BCUT2D eigenvalue weighted by Crippen LogP contribution is -2.51. The molecule has 142 valence electrons. The topological polar surface area (TPSA) is 53.6 Å². The predicted octanol–water partition coefficient (Wildman–Crippen LogP) is 4.01. The average Bonchev–Trinajstić information content (AvgIpc) is 3.10. The third-order valence-electron chi connectivity index (χ3n) is 6.68. The molecular formula is C21H32N4S. The van der Waals surface area contributed by atoms with E-state index in [1.807, 2.05) is 11.3 Å². The zero-order valence-electron chi connectivity index (χ0n) is 16.1. The number of nitrogens with two attached hydrogens (primary N) is 1. The third-order valence-corrected chi connectivity index (χ3v) is 7.90. The molecule has 0 bridgehead atoms. The second kappa shape index (κ2) is 7.35. The van der Waals surface area contributed by atoms with Gasteiger partial charge in [-0.2, -0.15) is 0 Å². The first-order chi connectivity index (χ1) is 12.6. The molecule has 0 spiro atoms. The predicted molar refractivity (Wildman–Crippen MR) is 112 cm³/mol. The third kappa shape index (κ3) is 3.09. The number of nitrogens with zero attached hydrogens (tertiary/aromatic N) is 2. The van der Waals surface area contributed by atoms with Crippen LogP contribution in [0.3, 0.4) is 0 Å². The van der Waals surface area contributed by atoms with E-state index in [1.54, 1.807) is 6.20 Å². The van der Waals surface area contributed by atoms with E-state index in [0.29, 0.717) is 18.0 Å². The number of amidine groups is 1. The molecule has 4 nitrogen and oxygen atoms in total. The van der Waals surface area contributed by atoms with Gasteiger partial charge in [-0.1, -0.05) is 19.4 Å². The number of nitrogens with one attached hydrogen (secondary N) is 1. The summed E-state index contributed by atoms with van der Waals surface area (Å²) < 4.78 is 0. The molecule has 1 aromatic rings. The molecule has 0 aliphatic heterocycles.